The van der Waals surface area contributed by atoms with Gasteiger partial charge in [0.05, 0.1) is 25.2 Å². The average Bonchev–Trinajstić information content (AvgIpc) is 2.98. The molecule has 0 spiro atoms. The van der Waals surface area contributed by atoms with E-state index in [2.05, 4.69) is 4.99 Å². The Balaban J connectivity index is 2.46. The van der Waals surface area contributed by atoms with Crippen LogP contribution in [0.2, 0.25) is 0 Å². The number of hydrogen-bond acceptors (Lipinski definition) is 7. The first-order chi connectivity index (χ1) is 13.4. The van der Waals surface area contributed by atoms with E-state index in [-0.39, 0.29) is 35.3 Å². The number of thioether (sulfide) groups is 1. The average molecular weight is 405 g/mol. The Hall–Kier alpha value is -2.74. The normalized spacial score (nSPS) is 16.6. The molecule has 2 rings (SSSR count). The molecule has 0 saturated heterocycles. The highest BCUT2D eigenvalue weighted by Gasteiger charge is 2.33. The third kappa shape index (κ3) is 4.95. The van der Waals surface area contributed by atoms with Gasteiger partial charge in [0.2, 0.25) is 5.91 Å². The van der Waals surface area contributed by atoms with E-state index in [1.807, 2.05) is 6.92 Å². The van der Waals surface area contributed by atoms with E-state index in [0.29, 0.717) is 23.0 Å². The Bertz CT molecular complexity index is 856. The van der Waals surface area contributed by atoms with Gasteiger partial charge in [-0.15, -0.1) is 0 Å². The molecule has 7 nitrogen and oxygen atoms in total. The lowest BCUT2D eigenvalue weighted by Crippen LogP contribution is -2.14. The minimum absolute atomic E-state index is 0.0993. The molecule has 1 aliphatic heterocycles. The van der Waals surface area contributed by atoms with E-state index < -0.39 is 5.97 Å². The number of ether oxygens (including phenoxy) is 3. The topological polar surface area (TPSA) is 94.4 Å². The predicted molar refractivity (Wildman–Crippen MR) is 109 cm³/mol. The van der Waals surface area contributed by atoms with Gasteiger partial charge in [0.25, 0.3) is 0 Å². The van der Waals surface area contributed by atoms with Crippen molar-refractivity contribution < 1.29 is 28.9 Å². The number of carbonyl (C=O) groups excluding carboxylic acids is 2. The first-order valence-electron chi connectivity index (χ1n) is 8.88. The fraction of sp³-hybridized carbons (Fsp3) is 0.350. The molecule has 0 fully saturated rings. The Morgan fingerprint density at radius 1 is 1.18 bits per heavy atom. The molecule has 1 N–H and O–H groups in total. The number of aliphatic imine (C=N–C) groups is 1. The third-order valence-electron chi connectivity index (χ3n) is 3.68. The molecule has 0 aromatic heterocycles. The summed E-state index contributed by atoms with van der Waals surface area (Å²) in [5.41, 5.74) is 0.624. The summed E-state index contributed by atoms with van der Waals surface area (Å²) in [6, 6.07) is 5.31. The molecule has 150 valence electrons. The first kappa shape index (κ1) is 21.6. The number of hydrogen-bond donors (Lipinski definition) is 1. The number of aliphatic hydroxyl groups excluding tert-OH is 1. The number of carbonyl (C=O) groups is 2. The van der Waals surface area contributed by atoms with Gasteiger partial charge in [0, 0.05) is 6.42 Å². The zero-order chi connectivity index (χ0) is 20.7. The predicted octanol–water partition coefficient (Wildman–Crippen LogP) is 3.89. The molecule has 28 heavy (non-hydrogen) atoms. The number of aliphatic hydroxyl groups is 1. The third-order valence-corrected chi connectivity index (χ3v) is 4.70. The molecule has 1 heterocycles. The molecule has 8 heteroatoms. The molecular formula is C20H23NO6S. The Kier molecular flexibility index (Phi) is 7.69. The lowest BCUT2D eigenvalue weighted by Gasteiger charge is -2.09. The lowest BCUT2D eigenvalue weighted by atomic mass is 10.1. The molecule has 0 saturated carbocycles. The van der Waals surface area contributed by atoms with Gasteiger partial charge in [-0.25, -0.2) is 9.79 Å². The van der Waals surface area contributed by atoms with Crippen LogP contribution in [0.5, 0.6) is 11.5 Å². The Morgan fingerprint density at radius 3 is 2.54 bits per heavy atom. The second kappa shape index (κ2) is 9.98. The van der Waals surface area contributed by atoms with Crippen LogP contribution >= 0.6 is 11.8 Å². The summed E-state index contributed by atoms with van der Waals surface area (Å²) in [6.07, 6.45) is 1.87. The highest BCUT2D eigenvalue weighted by Crippen LogP contribution is 2.40. The SMILES string of the molecule is CCOC(=O)C1=C(O)/C(=C/c2ccc(OCC)c(OC)c2)SC1=NC(=O)CC. The second-order valence-electron chi connectivity index (χ2n) is 5.56. The molecule has 0 bridgehead atoms. The van der Waals surface area contributed by atoms with Crippen LogP contribution in [0.15, 0.2) is 39.4 Å². The van der Waals surface area contributed by atoms with Gasteiger partial charge in [-0.3, -0.25) is 4.79 Å². The van der Waals surface area contributed by atoms with Crippen LogP contribution in [-0.2, 0) is 14.3 Å². The number of nitrogens with zero attached hydrogens (tertiary/aromatic N) is 1. The van der Waals surface area contributed by atoms with E-state index in [9.17, 15) is 14.7 Å². The largest absolute Gasteiger partial charge is 0.506 e. The smallest absolute Gasteiger partial charge is 0.344 e. The van der Waals surface area contributed by atoms with Crippen molar-refractivity contribution in [1.82, 2.24) is 0 Å². The maximum Gasteiger partial charge on any atom is 0.344 e. The number of methoxy groups -OCH3 is 1. The molecule has 1 aromatic carbocycles. The summed E-state index contributed by atoms with van der Waals surface area (Å²) in [5, 5.41) is 10.7. The van der Waals surface area contributed by atoms with Crippen molar-refractivity contribution in [2.45, 2.75) is 27.2 Å². The second-order valence-corrected chi connectivity index (χ2v) is 6.59. The van der Waals surface area contributed by atoms with Crippen LogP contribution in [0.25, 0.3) is 6.08 Å². The summed E-state index contributed by atoms with van der Waals surface area (Å²) in [6.45, 7) is 5.86. The standard InChI is InChI=1S/C20H23NO6S/c1-5-16(22)21-19-17(20(24)27-7-3)18(23)15(28-19)11-12-8-9-13(26-6-2)14(10-12)25-4/h8-11,23H,5-7H2,1-4H3/b15-11-,21-19?. The van der Waals surface area contributed by atoms with Crippen LogP contribution in [0.4, 0.5) is 0 Å². The van der Waals surface area contributed by atoms with Crippen molar-refractivity contribution in [3.05, 3.63) is 40.0 Å². The zero-order valence-corrected chi connectivity index (χ0v) is 17.1. The molecule has 1 amide bonds. The molecule has 0 atom stereocenters. The van der Waals surface area contributed by atoms with Crippen LogP contribution in [-0.4, -0.2) is 42.4 Å². The summed E-state index contributed by atoms with van der Waals surface area (Å²) < 4.78 is 15.8. The Labute approximate surface area is 168 Å². The van der Waals surface area contributed by atoms with E-state index in [1.54, 1.807) is 38.1 Å². The van der Waals surface area contributed by atoms with Gasteiger partial charge in [-0.1, -0.05) is 24.8 Å². The van der Waals surface area contributed by atoms with Gasteiger partial charge in [-0.2, -0.15) is 0 Å². The van der Waals surface area contributed by atoms with Gasteiger partial charge in [-0.05, 0) is 37.6 Å². The molecule has 0 unspecified atom stereocenters. The summed E-state index contributed by atoms with van der Waals surface area (Å²) in [5.74, 6) is -0.222. The van der Waals surface area contributed by atoms with Crippen LogP contribution in [0, 0.1) is 0 Å². The van der Waals surface area contributed by atoms with Crippen molar-refractivity contribution in [3.8, 4) is 11.5 Å². The number of rotatable bonds is 7. The van der Waals surface area contributed by atoms with Gasteiger partial charge in [0.15, 0.2) is 11.5 Å². The van der Waals surface area contributed by atoms with E-state index in [1.165, 1.54) is 7.11 Å². The van der Waals surface area contributed by atoms with Gasteiger partial charge in [0.1, 0.15) is 16.4 Å². The first-order valence-corrected chi connectivity index (χ1v) is 9.69. The number of benzene rings is 1. The fourth-order valence-corrected chi connectivity index (χ4v) is 3.42. The quantitative estimate of drug-likeness (QED) is 0.688. The summed E-state index contributed by atoms with van der Waals surface area (Å²) >= 11 is 1.04. The number of esters is 1. The lowest BCUT2D eigenvalue weighted by molar-refractivity contribution is -0.138. The zero-order valence-electron chi connectivity index (χ0n) is 16.3. The minimum atomic E-state index is -0.720. The van der Waals surface area contributed by atoms with Crippen LogP contribution in [0.3, 0.4) is 0 Å². The molecule has 1 aliphatic rings. The minimum Gasteiger partial charge on any atom is -0.506 e. The molecule has 1 aromatic rings. The Morgan fingerprint density at radius 2 is 1.93 bits per heavy atom. The highest BCUT2D eigenvalue weighted by molar-refractivity contribution is 8.18. The van der Waals surface area contributed by atoms with Crippen molar-refractivity contribution in [2.75, 3.05) is 20.3 Å². The van der Waals surface area contributed by atoms with Crippen LogP contribution in [0.1, 0.15) is 32.8 Å². The maximum atomic E-state index is 12.2. The summed E-state index contributed by atoms with van der Waals surface area (Å²) in [7, 11) is 1.54. The van der Waals surface area contributed by atoms with Crippen molar-refractivity contribution in [1.29, 1.82) is 0 Å². The highest BCUT2D eigenvalue weighted by atomic mass is 32.2. The van der Waals surface area contributed by atoms with Gasteiger partial charge >= 0.3 is 5.97 Å². The van der Waals surface area contributed by atoms with Crippen molar-refractivity contribution in [3.63, 3.8) is 0 Å². The van der Waals surface area contributed by atoms with E-state index in [4.69, 9.17) is 14.2 Å². The monoisotopic (exact) mass is 405 g/mol. The summed E-state index contributed by atoms with van der Waals surface area (Å²) in [4.78, 5) is 28.3. The fourth-order valence-electron chi connectivity index (χ4n) is 2.38. The van der Waals surface area contributed by atoms with E-state index in [0.717, 1.165) is 17.3 Å². The van der Waals surface area contributed by atoms with Crippen molar-refractivity contribution in [2.24, 2.45) is 4.99 Å². The number of amides is 1. The van der Waals surface area contributed by atoms with Gasteiger partial charge < -0.3 is 19.3 Å². The molecule has 0 radical (unpaired) electrons. The molecule has 0 aliphatic carbocycles. The maximum absolute atomic E-state index is 12.2. The van der Waals surface area contributed by atoms with Crippen LogP contribution < -0.4 is 9.47 Å². The molecular weight excluding hydrogens is 382 g/mol. The van der Waals surface area contributed by atoms with E-state index >= 15 is 0 Å². The van der Waals surface area contributed by atoms with Crippen molar-refractivity contribution >= 4 is 34.8 Å².